The van der Waals surface area contributed by atoms with E-state index in [0.29, 0.717) is 39.1 Å². The van der Waals surface area contributed by atoms with Crippen LogP contribution >= 0.6 is 11.6 Å². The normalized spacial score (nSPS) is 10.5. The van der Waals surface area contributed by atoms with Gasteiger partial charge in [-0.25, -0.2) is 5.43 Å². The van der Waals surface area contributed by atoms with E-state index in [2.05, 4.69) is 15.8 Å². The van der Waals surface area contributed by atoms with Gasteiger partial charge in [-0.15, -0.1) is 0 Å². The summed E-state index contributed by atoms with van der Waals surface area (Å²) in [5, 5.41) is 7.32. The zero-order valence-electron chi connectivity index (χ0n) is 18.2. The second-order valence-corrected chi connectivity index (χ2v) is 7.13. The summed E-state index contributed by atoms with van der Waals surface area (Å²) in [5.41, 5.74) is 4.47. The van der Waals surface area contributed by atoms with E-state index in [1.165, 1.54) is 27.5 Å². The molecule has 3 aromatic rings. The van der Waals surface area contributed by atoms with Crippen LogP contribution in [0.3, 0.4) is 0 Å². The molecule has 0 atom stereocenters. The third kappa shape index (κ3) is 6.02. The molecule has 0 spiro atoms. The molecule has 8 nitrogen and oxygen atoms in total. The second kappa shape index (κ2) is 11.0. The Morgan fingerprint density at radius 1 is 0.818 bits per heavy atom. The van der Waals surface area contributed by atoms with Crippen molar-refractivity contribution in [3.63, 3.8) is 0 Å². The predicted octanol–water partition coefficient (Wildman–Crippen LogP) is 4.38. The number of ether oxygens (including phenoxy) is 3. The average molecular weight is 468 g/mol. The number of rotatable bonds is 8. The van der Waals surface area contributed by atoms with Gasteiger partial charge in [0.15, 0.2) is 11.5 Å². The van der Waals surface area contributed by atoms with Crippen molar-refractivity contribution in [3.8, 4) is 17.2 Å². The van der Waals surface area contributed by atoms with Gasteiger partial charge in [-0.1, -0.05) is 23.7 Å². The van der Waals surface area contributed by atoms with Crippen molar-refractivity contribution in [3.05, 3.63) is 82.4 Å². The highest BCUT2D eigenvalue weighted by Crippen LogP contribution is 2.38. The minimum Gasteiger partial charge on any atom is -0.493 e. The fraction of sp³-hybridized carbons (Fsp3) is 0.125. The summed E-state index contributed by atoms with van der Waals surface area (Å²) in [7, 11) is 4.44. The van der Waals surface area contributed by atoms with E-state index in [1.54, 1.807) is 60.7 Å². The first-order valence-corrected chi connectivity index (χ1v) is 10.1. The third-order valence-electron chi connectivity index (χ3n) is 4.58. The average Bonchev–Trinajstić information content (AvgIpc) is 2.84. The summed E-state index contributed by atoms with van der Waals surface area (Å²) in [6.07, 6.45) is 1.51. The molecule has 2 amide bonds. The Hall–Kier alpha value is -4.04. The molecule has 0 aliphatic carbocycles. The van der Waals surface area contributed by atoms with Gasteiger partial charge in [-0.3, -0.25) is 9.59 Å². The zero-order valence-corrected chi connectivity index (χ0v) is 19.0. The van der Waals surface area contributed by atoms with E-state index < -0.39 is 0 Å². The molecule has 0 aliphatic rings. The smallest absolute Gasteiger partial charge is 0.271 e. The predicted molar refractivity (Wildman–Crippen MR) is 127 cm³/mol. The van der Waals surface area contributed by atoms with E-state index in [0.717, 1.165) is 5.56 Å². The number of hydrogen-bond donors (Lipinski definition) is 2. The molecule has 0 aromatic heterocycles. The molecule has 0 aliphatic heterocycles. The van der Waals surface area contributed by atoms with Crippen LogP contribution in [0.15, 0.2) is 65.8 Å². The number of nitrogens with zero attached hydrogens (tertiary/aromatic N) is 1. The van der Waals surface area contributed by atoms with Gasteiger partial charge in [0.2, 0.25) is 5.75 Å². The van der Waals surface area contributed by atoms with Crippen LogP contribution in [0.5, 0.6) is 17.2 Å². The first kappa shape index (κ1) is 23.6. The fourth-order valence-electron chi connectivity index (χ4n) is 2.90. The number of carbonyl (C=O) groups is 2. The Balaban J connectivity index is 1.64. The number of amides is 2. The molecule has 33 heavy (non-hydrogen) atoms. The van der Waals surface area contributed by atoms with Crippen molar-refractivity contribution in [2.24, 2.45) is 5.10 Å². The van der Waals surface area contributed by atoms with Crippen LogP contribution in [0.25, 0.3) is 0 Å². The van der Waals surface area contributed by atoms with E-state index in [4.69, 9.17) is 25.8 Å². The van der Waals surface area contributed by atoms with Gasteiger partial charge in [0.1, 0.15) is 0 Å². The molecule has 3 rings (SSSR count). The van der Waals surface area contributed by atoms with Crippen LogP contribution in [0.4, 0.5) is 5.69 Å². The molecule has 0 fully saturated rings. The highest BCUT2D eigenvalue weighted by atomic mass is 35.5. The van der Waals surface area contributed by atoms with Crippen molar-refractivity contribution < 1.29 is 23.8 Å². The summed E-state index contributed by atoms with van der Waals surface area (Å²) < 4.78 is 15.8. The molecule has 170 valence electrons. The minimum absolute atomic E-state index is 0.322. The lowest BCUT2D eigenvalue weighted by molar-refractivity contribution is 0.0954. The van der Waals surface area contributed by atoms with Crippen LogP contribution in [0.1, 0.15) is 26.3 Å². The van der Waals surface area contributed by atoms with E-state index in [1.807, 2.05) is 0 Å². The number of anilines is 1. The van der Waals surface area contributed by atoms with E-state index >= 15 is 0 Å². The summed E-state index contributed by atoms with van der Waals surface area (Å²) in [4.78, 5) is 25.0. The lowest BCUT2D eigenvalue weighted by atomic mass is 10.1. The number of methoxy groups -OCH3 is 3. The fourth-order valence-corrected chi connectivity index (χ4v) is 3.03. The summed E-state index contributed by atoms with van der Waals surface area (Å²) in [5.74, 6) is 0.369. The first-order valence-electron chi connectivity index (χ1n) is 9.75. The Kier molecular flexibility index (Phi) is 7.88. The topological polar surface area (TPSA) is 98.2 Å². The Labute approximate surface area is 196 Å². The Bertz CT molecular complexity index is 1140. The second-order valence-electron chi connectivity index (χ2n) is 6.70. The molecular weight excluding hydrogens is 446 g/mol. The molecule has 0 heterocycles. The van der Waals surface area contributed by atoms with Gasteiger partial charge in [-0.05, 0) is 54.1 Å². The standard InChI is InChI=1S/C24H22ClN3O5/c1-31-20-12-17(13-21(32-2)22(20)33-3)23(29)27-19-10-6-16(7-11-19)24(30)28-26-14-15-4-8-18(25)9-5-15/h4-14H,1-3H3,(H,27,29)(H,28,30)/b26-14-. The Morgan fingerprint density at radius 3 is 1.97 bits per heavy atom. The molecule has 9 heteroatoms. The van der Waals surface area contributed by atoms with E-state index in [-0.39, 0.29) is 11.8 Å². The quantitative estimate of drug-likeness (QED) is 0.378. The molecule has 3 aromatic carbocycles. The van der Waals surface area contributed by atoms with Crippen molar-refractivity contribution in [1.29, 1.82) is 0 Å². The molecule has 0 unspecified atom stereocenters. The lowest BCUT2D eigenvalue weighted by Gasteiger charge is -2.14. The number of hydrogen-bond acceptors (Lipinski definition) is 6. The maximum atomic E-state index is 12.7. The maximum Gasteiger partial charge on any atom is 0.271 e. The van der Waals surface area contributed by atoms with Crippen molar-refractivity contribution in [2.45, 2.75) is 0 Å². The van der Waals surface area contributed by atoms with Crippen molar-refractivity contribution in [1.82, 2.24) is 5.43 Å². The highest BCUT2D eigenvalue weighted by Gasteiger charge is 2.17. The minimum atomic E-state index is -0.386. The molecule has 0 saturated carbocycles. The SMILES string of the molecule is COc1cc(C(=O)Nc2ccc(C(=O)N/N=C\c3ccc(Cl)cc3)cc2)cc(OC)c1OC. The van der Waals surface area contributed by atoms with Crippen LogP contribution in [0, 0.1) is 0 Å². The van der Waals surface area contributed by atoms with Crippen molar-refractivity contribution in [2.75, 3.05) is 26.6 Å². The molecule has 0 saturated heterocycles. The Morgan fingerprint density at radius 2 is 1.42 bits per heavy atom. The van der Waals surface area contributed by atoms with Gasteiger partial charge >= 0.3 is 0 Å². The number of carbonyl (C=O) groups excluding carboxylic acids is 2. The molecular formula is C24H22ClN3O5. The summed E-state index contributed by atoms with van der Waals surface area (Å²) in [6, 6.07) is 16.5. The maximum absolute atomic E-state index is 12.7. The van der Waals surface area contributed by atoms with E-state index in [9.17, 15) is 9.59 Å². The third-order valence-corrected chi connectivity index (χ3v) is 4.83. The largest absolute Gasteiger partial charge is 0.493 e. The number of halogens is 1. The molecule has 0 bridgehead atoms. The lowest BCUT2D eigenvalue weighted by Crippen LogP contribution is -2.18. The van der Waals surface area contributed by atoms with Gasteiger partial charge < -0.3 is 19.5 Å². The monoisotopic (exact) mass is 467 g/mol. The van der Waals surface area contributed by atoms with Crippen LogP contribution in [-0.4, -0.2) is 39.4 Å². The number of benzene rings is 3. The van der Waals surface area contributed by atoms with Crippen molar-refractivity contribution >= 4 is 35.3 Å². The highest BCUT2D eigenvalue weighted by molar-refractivity contribution is 6.30. The van der Waals surface area contributed by atoms with Crippen LogP contribution < -0.4 is 25.0 Å². The summed E-state index contributed by atoms with van der Waals surface area (Å²) in [6.45, 7) is 0. The number of nitrogens with one attached hydrogen (secondary N) is 2. The summed E-state index contributed by atoms with van der Waals surface area (Å²) >= 11 is 5.84. The molecule has 2 N–H and O–H groups in total. The van der Waals surface area contributed by atoms with Gasteiger partial charge in [-0.2, -0.15) is 5.10 Å². The van der Waals surface area contributed by atoms with Gasteiger partial charge in [0, 0.05) is 21.8 Å². The van der Waals surface area contributed by atoms with Crippen LogP contribution in [-0.2, 0) is 0 Å². The van der Waals surface area contributed by atoms with Gasteiger partial charge in [0.25, 0.3) is 11.8 Å². The van der Waals surface area contributed by atoms with Crippen LogP contribution in [0.2, 0.25) is 5.02 Å². The first-order chi connectivity index (χ1) is 15.9. The van der Waals surface area contributed by atoms with Gasteiger partial charge in [0.05, 0.1) is 27.5 Å². The molecule has 0 radical (unpaired) electrons. The number of hydrazone groups is 1. The zero-order chi connectivity index (χ0) is 23.8.